The first-order chi connectivity index (χ1) is 19.5. The molecule has 0 aromatic heterocycles. The van der Waals surface area contributed by atoms with Crippen molar-refractivity contribution in [2.45, 2.75) is 13.5 Å². The van der Waals surface area contributed by atoms with E-state index in [1.165, 1.54) is 0 Å². The Bertz CT molecular complexity index is 1430. The lowest BCUT2D eigenvalue weighted by Gasteiger charge is -2.12. The fourth-order valence-corrected chi connectivity index (χ4v) is 3.81. The molecule has 4 rings (SSSR count). The van der Waals surface area contributed by atoms with Gasteiger partial charge in [-0.15, -0.1) is 0 Å². The maximum absolute atomic E-state index is 13.1. The largest absolute Gasteiger partial charge is 0.493 e. The number of benzene rings is 4. The number of nitrogens with one attached hydrogen (secondary N) is 2. The molecule has 0 aliphatic carbocycles. The van der Waals surface area contributed by atoms with E-state index in [2.05, 4.69) is 10.6 Å². The first kappa shape index (κ1) is 28.0. The highest BCUT2D eigenvalue weighted by molar-refractivity contribution is 6.05. The smallest absolute Gasteiger partial charge is 0.268 e. The Morgan fingerprint density at radius 3 is 2.10 bits per heavy atom. The number of hydrogen-bond acceptors (Lipinski definition) is 5. The molecule has 4 aromatic carbocycles. The Labute approximate surface area is 234 Å². The van der Waals surface area contributed by atoms with Crippen molar-refractivity contribution in [1.82, 2.24) is 10.6 Å². The number of hydrogen-bond donors (Lipinski definition) is 2. The Balaban J connectivity index is 1.40. The van der Waals surface area contributed by atoms with Crippen LogP contribution in [-0.4, -0.2) is 32.1 Å². The molecule has 0 radical (unpaired) electrons. The predicted octanol–water partition coefficient (Wildman–Crippen LogP) is 5.55. The third-order valence-corrected chi connectivity index (χ3v) is 5.97. The number of rotatable bonds is 12. The molecule has 2 amide bonds. The molecule has 40 heavy (non-hydrogen) atoms. The maximum Gasteiger partial charge on any atom is 0.268 e. The minimum atomic E-state index is -0.391. The zero-order chi connectivity index (χ0) is 28.2. The van der Waals surface area contributed by atoms with Gasteiger partial charge in [-0.05, 0) is 60.5 Å². The topological polar surface area (TPSA) is 85.9 Å². The van der Waals surface area contributed by atoms with Gasteiger partial charge >= 0.3 is 0 Å². The lowest BCUT2D eigenvalue weighted by Crippen LogP contribution is -2.34. The van der Waals surface area contributed by atoms with E-state index in [1.807, 2.05) is 85.8 Å². The third-order valence-electron chi connectivity index (χ3n) is 5.97. The SMILES string of the molecule is COc1ccccc1OCCOc1ccc(C=C(NC(=O)c2ccc(C)cc2)C(=O)NCc2ccccc2)cc1. The first-order valence-electron chi connectivity index (χ1n) is 12.9. The number of amides is 2. The zero-order valence-corrected chi connectivity index (χ0v) is 22.6. The summed E-state index contributed by atoms with van der Waals surface area (Å²) in [5.41, 5.74) is 3.33. The molecule has 0 saturated heterocycles. The minimum absolute atomic E-state index is 0.139. The highest BCUT2D eigenvalue weighted by Gasteiger charge is 2.15. The van der Waals surface area contributed by atoms with E-state index in [0.29, 0.717) is 42.6 Å². The number of aryl methyl sites for hydroxylation is 1. The summed E-state index contributed by atoms with van der Waals surface area (Å²) in [6.45, 7) is 2.97. The summed E-state index contributed by atoms with van der Waals surface area (Å²) >= 11 is 0. The summed E-state index contributed by atoms with van der Waals surface area (Å²) in [6, 6.07) is 31.4. The fraction of sp³-hybridized carbons (Fsp3) is 0.152. The van der Waals surface area contributed by atoms with Crippen LogP contribution in [0.1, 0.15) is 27.0 Å². The van der Waals surface area contributed by atoms with Gasteiger partial charge in [0, 0.05) is 12.1 Å². The number of carbonyl (C=O) groups excluding carboxylic acids is 2. The number of carbonyl (C=O) groups is 2. The monoisotopic (exact) mass is 536 g/mol. The summed E-state index contributed by atoms with van der Waals surface area (Å²) in [5.74, 6) is 1.21. The Hall–Kier alpha value is -5.04. The van der Waals surface area contributed by atoms with Crippen LogP contribution in [0.15, 0.2) is 109 Å². The lowest BCUT2D eigenvalue weighted by molar-refractivity contribution is -0.117. The molecule has 0 aliphatic heterocycles. The molecule has 0 fully saturated rings. The van der Waals surface area contributed by atoms with Gasteiger partial charge in [0.2, 0.25) is 0 Å². The lowest BCUT2D eigenvalue weighted by atomic mass is 10.1. The van der Waals surface area contributed by atoms with Crippen molar-refractivity contribution < 1.29 is 23.8 Å². The Morgan fingerprint density at radius 2 is 1.40 bits per heavy atom. The van der Waals surface area contributed by atoms with E-state index in [-0.39, 0.29) is 11.6 Å². The van der Waals surface area contributed by atoms with Crippen LogP contribution in [0.2, 0.25) is 0 Å². The van der Waals surface area contributed by atoms with Gasteiger partial charge in [-0.2, -0.15) is 0 Å². The van der Waals surface area contributed by atoms with Crippen LogP contribution in [0.25, 0.3) is 6.08 Å². The Morgan fingerprint density at radius 1 is 0.750 bits per heavy atom. The van der Waals surface area contributed by atoms with Crippen LogP contribution in [-0.2, 0) is 11.3 Å². The standard InChI is InChI=1S/C33H32N2O5/c1-24-12-16-27(17-13-24)32(36)35-29(33(37)34-23-26-8-4-3-5-9-26)22-25-14-18-28(19-15-25)39-20-21-40-31-11-7-6-10-30(31)38-2/h3-19,22H,20-21,23H2,1-2H3,(H,34,37)(H,35,36). The van der Waals surface area contributed by atoms with Gasteiger partial charge in [0.25, 0.3) is 11.8 Å². The molecule has 0 saturated carbocycles. The van der Waals surface area contributed by atoms with Crippen molar-refractivity contribution in [3.05, 3.63) is 131 Å². The molecule has 0 spiro atoms. The molecule has 4 aromatic rings. The van der Waals surface area contributed by atoms with E-state index in [9.17, 15) is 9.59 Å². The highest BCUT2D eigenvalue weighted by atomic mass is 16.5. The van der Waals surface area contributed by atoms with Crippen LogP contribution >= 0.6 is 0 Å². The summed E-state index contributed by atoms with van der Waals surface area (Å²) in [6.07, 6.45) is 1.64. The fourth-order valence-electron chi connectivity index (χ4n) is 3.81. The number of methoxy groups -OCH3 is 1. The first-order valence-corrected chi connectivity index (χ1v) is 12.9. The number of para-hydroxylation sites is 2. The average molecular weight is 537 g/mol. The third kappa shape index (κ3) is 8.23. The molecule has 7 nitrogen and oxygen atoms in total. The Kier molecular flexibility index (Phi) is 9.94. The van der Waals surface area contributed by atoms with E-state index in [4.69, 9.17) is 14.2 Å². The predicted molar refractivity (Wildman–Crippen MR) is 155 cm³/mol. The highest BCUT2D eigenvalue weighted by Crippen LogP contribution is 2.25. The van der Waals surface area contributed by atoms with Crippen LogP contribution in [0, 0.1) is 6.92 Å². The molecule has 0 aliphatic rings. The van der Waals surface area contributed by atoms with Gasteiger partial charge in [0.15, 0.2) is 11.5 Å². The quantitative estimate of drug-likeness (QED) is 0.183. The van der Waals surface area contributed by atoms with Crippen molar-refractivity contribution in [1.29, 1.82) is 0 Å². The summed E-state index contributed by atoms with van der Waals surface area (Å²) in [7, 11) is 1.60. The summed E-state index contributed by atoms with van der Waals surface area (Å²) < 4.78 is 16.8. The van der Waals surface area contributed by atoms with Gasteiger partial charge in [-0.25, -0.2) is 0 Å². The molecule has 2 N–H and O–H groups in total. The van der Waals surface area contributed by atoms with E-state index in [1.54, 1.807) is 37.5 Å². The molecule has 204 valence electrons. The number of ether oxygens (including phenoxy) is 3. The van der Waals surface area contributed by atoms with Crippen molar-refractivity contribution >= 4 is 17.9 Å². The molecule has 7 heteroatoms. The van der Waals surface area contributed by atoms with Gasteiger partial charge in [0.05, 0.1) is 7.11 Å². The normalized spacial score (nSPS) is 10.9. The summed E-state index contributed by atoms with van der Waals surface area (Å²) in [5, 5.41) is 5.65. The van der Waals surface area contributed by atoms with Crippen LogP contribution in [0.3, 0.4) is 0 Å². The van der Waals surface area contributed by atoms with Crippen molar-refractivity contribution in [2.75, 3.05) is 20.3 Å². The van der Waals surface area contributed by atoms with E-state index < -0.39 is 5.91 Å². The van der Waals surface area contributed by atoms with Crippen LogP contribution < -0.4 is 24.8 Å². The average Bonchev–Trinajstić information content (AvgIpc) is 2.99. The molecule has 0 unspecified atom stereocenters. The van der Waals surface area contributed by atoms with E-state index >= 15 is 0 Å². The van der Waals surface area contributed by atoms with Crippen molar-refractivity contribution in [3.8, 4) is 17.2 Å². The minimum Gasteiger partial charge on any atom is -0.493 e. The van der Waals surface area contributed by atoms with Crippen molar-refractivity contribution in [3.63, 3.8) is 0 Å². The summed E-state index contributed by atoms with van der Waals surface area (Å²) in [4.78, 5) is 26.0. The maximum atomic E-state index is 13.1. The second kappa shape index (κ2) is 14.2. The van der Waals surface area contributed by atoms with Gasteiger partial charge in [0.1, 0.15) is 24.7 Å². The van der Waals surface area contributed by atoms with Gasteiger partial charge in [-0.3, -0.25) is 9.59 Å². The van der Waals surface area contributed by atoms with Crippen LogP contribution in [0.5, 0.6) is 17.2 Å². The molecule has 0 heterocycles. The second-order valence-electron chi connectivity index (χ2n) is 8.96. The van der Waals surface area contributed by atoms with Gasteiger partial charge in [-0.1, -0.05) is 72.3 Å². The molecular formula is C33H32N2O5. The zero-order valence-electron chi connectivity index (χ0n) is 22.6. The van der Waals surface area contributed by atoms with Gasteiger partial charge < -0.3 is 24.8 Å². The van der Waals surface area contributed by atoms with Crippen LogP contribution in [0.4, 0.5) is 0 Å². The molecule has 0 bridgehead atoms. The second-order valence-corrected chi connectivity index (χ2v) is 8.96. The van der Waals surface area contributed by atoms with Crippen molar-refractivity contribution in [2.24, 2.45) is 0 Å². The van der Waals surface area contributed by atoms with E-state index in [0.717, 1.165) is 16.7 Å². The molecule has 0 atom stereocenters. The molecular weight excluding hydrogens is 504 g/mol.